The summed E-state index contributed by atoms with van der Waals surface area (Å²) in [4.78, 5) is 18.7. The molecule has 0 bridgehead atoms. The molecule has 27 heavy (non-hydrogen) atoms. The van der Waals surface area contributed by atoms with E-state index in [1.807, 2.05) is 29.2 Å². The number of nitrogens with zero attached hydrogens (tertiary/aromatic N) is 4. The highest BCUT2D eigenvalue weighted by molar-refractivity contribution is 7.93. The van der Waals surface area contributed by atoms with Crippen LogP contribution in [0.4, 0.5) is 5.95 Å². The number of rotatable bonds is 4. The monoisotopic (exact) mass is 404 g/mol. The molecule has 0 amide bonds. The van der Waals surface area contributed by atoms with Crippen molar-refractivity contribution >= 4 is 38.4 Å². The molecule has 9 heteroatoms. The van der Waals surface area contributed by atoms with Gasteiger partial charge in [-0.3, -0.25) is 8.42 Å². The number of hydrogen-bond acceptors (Lipinski definition) is 6. The van der Waals surface area contributed by atoms with E-state index >= 15 is 0 Å². The van der Waals surface area contributed by atoms with Crippen LogP contribution >= 0.6 is 11.6 Å². The lowest BCUT2D eigenvalue weighted by atomic mass is 10.1. The summed E-state index contributed by atoms with van der Waals surface area (Å²) >= 11 is 6.31. The van der Waals surface area contributed by atoms with Crippen molar-refractivity contribution < 1.29 is 8.42 Å². The van der Waals surface area contributed by atoms with Crippen LogP contribution in [0.1, 0.15) is 19.8 Å². The molecule has 0 unspecified atom stereocenters. The van der Waals surface area contributed by atoms with Crippen LogP contribution < -0.4 is 4.90 Å². The first-order valence-electron chi connectivity index (χ1n) is 8.74. The number of para-hydroxylation sites is 2. The largest absolute Gasteiger partial charge is 0.341 e. The Labute approximate surface area is 162 Å². The van der Waals surface area contributed by atoms with E-state index in [2.05, 4.69) is 19.9 Å². The van der Waals surface area contributed by atoms with Crippen LogP contribution in [-0.4, -0.2) is 46.7 Å². The van der Waals surface area contributed by atoms with Gasteiger partial charge in [-0.2, -0.15) is 6.92 Å². The molecule has 0 aliphatic carbocycles. The molecule has 0 atom stereocenters. The molecule has 142 valence electrons. The lowest BCUT2D eigenvalue weighted by molar-refractivity contribution is 0.529. The third-order valence-electron chi connectivity index (χ3n) is 4.86. The van der Waals surface area contributed by atoms with Crippen molar-refractivity contribution in [2.24, 2.45) is 0 Å². The minimum absolute atomic E-state index is 0.333. The molecule has 2 aromatic heterocycles. The van der Waals surface area contributed by atoms with Crippen molar-refractivity contribution in [1.29, 1.82) is 0 Å². The minimum Gasteiger partial charge on any atom is -0.341 e. The van der Waals surface area contributed by atoms with E-state index in [0.717, 1.165) is 11.0 Å². The number of halogens is 1. The molecule has 1 aromatic carbocycles. The SMILES string of the molecule is C[CH-]S(=O)(=O)C1CCN(c2ncc(Cl)c(-c3nc4ccccc4[nH]3)n2)CC1. The Morgan fingerprint density at radius 3 is 2.67 bits per heavy atom. The summed E-state index contributed by atoms with van der Waals surface area (Å²) in [6.07, 6.45) is 2.67. The fraction of sp³-hybridized carbons (Fsp3) is 0.333. The molecule has 1 N–H and O–H groups in total. The molecule has 0 spiro atoms. The predicted octanol–water partition coefficient (Wildman–Crippen LogP) is 3.24. The standard InChI is InChI=1S/C18H19ClN5O2S/c1-2-27(25,26)12-7-9-24(10-8-12)18-20-11-13(19)16(23-18)17-21-14-5-3-4-6-15(14)22-17/h2-6,11-12H,7-10H2,1H3,(H,21,22)/q-1. The Bertz CT molecular complexity index is 1040. The number of piperidine rings is 1. The zero-order valence-electron chi connectivity index (χ0n) is 14.8. The zero-order valence-corrected chi connectivity index (χ0v) is 16.3. The maximum Gasteiger partial charge on any atom is 0.226 e. The molecule has 4 rings (SSSR count). The van der Waals surface area contributed by atoms with Gasteiger partial charge < -0.3 is 9.88 Å². The average Bonchev–Trinajstić information content (AvgIpc) is 3.12. The van der Waals surface area contributed by atoms with Gasteiger partial charge in [0.2, 0.25) is 5.95 Å². The summed E-state index contributed by atoms with van der Waals surface area (Å²) in [6.45, 7) is 2.74. The summed E-state index contributed by atoms with van der Waals surface area (Å²) < 4.78 is 24.1. The first-order chi connectivity index (χ1) is 13.0. The van der Waals surface area contributed by atoms with Gasteiger partial charge in [0.15, 0.2) is 5.82 Å². The fourth-order valence-electron chi connectivity index (χ4n) is 3.32. The van der Waals surface area contributed by atoms with Crippen LogP contribution in [0.3, 0.4) is 0 Å². The summed E-state index contributed by atoms with van der Waals surface area (Å²) in [5.41, 5.74) is 2.28. The van der Waals surface area contributed by atoms with Crippen LogP contribution in [0.2, 0.25) is 5.02 Å². The first kappa shape index (κ1) is 18.2. The number of hydrogen-bond donors (Lipinski definition) is 1. The van der Waals surface area contributed by atoms with E-state index in [4.69, 9.17) is 11.6 Å². The first-order valence-corrected chi connectivity index (χ1v) is 10.7. The van der Waals surface area contributed by atoms with Crippen molar-refractivity contribution in [2.75, 3.05) is 18.0 Å². The fourth-order valence-corrected chi connectivity index (χ4v) is 4.75. The molecular weight excluding hydrogens is 386 g/mol. The Kier molecular flexibility index (Phi) is 4.77. The average molecular weight is 405 g/mol. The van der Waals surface area contributed by atoms with E-state index in [0.29, 0.717) is 48.4 Å². The van der Waals surface area contributed by atoms with Crippen LogP contribution in [-0.2, 0) is 9.84 Å². The number of aromatic nitrogens is 4. The van der Waals surface area contributed by atoms with Crippen molar-refractivity contribution in [3.63, 3.8) is 0 Å². The topological polar surface area (TPSA) is 91.8 Å². The number of sulfone groups is 1. The number of imidazole rings is 1. The van der Waals surface area contributed by atoms with Gasteiger partial charge in [-0.25, -0.2) is 20.7 Å². The maximum atomic E-state index is 12.0. The van der Waals surface area contributed by atoms with Crippen molar-refractivity contribution in [1.82, 2.24) is 19.9 Å². The van der Waals surface area contributed by atoms with Gasteiger partial charge >= 0.3 is 0 Å². The Hall–Kier alpha value is -2.19. The van der Waals surface area contributed by atoms with Gasteiger partial charge in [0, 0.05) is 28.2 Å². The Balaban J connectivity index is 1.60. The third kappa shape index (κ3) is 3.51. The Morgan fingerprint density at radius 1 is 1.22 bits per heavy atom. The van der Waals surface area contributed by atoms with Crippen LogP contribution in [0.15, 0.2) is 30.5 Å². The summed E-state index contributed by atoms with van der Waals surface area (Å²) in [7, 11) is -3.13. The lowest BCUT2D eigenvalue weighted by Gasteiger charge is -2.33. The second-order valence-electron chi connectivity index (χ2n) is 6.48. The normalized spacial score (nSPS) is 16.1. The molecule has 7 nitrogen and oxygen atoms in total. The highest BCUT2D eigenvalue weighted by Gasteiger charge is 2.26. The van der Waals surface area contributed by atoms with Crippen molar-refractivity contribution in [2.45, 2.75) is 25.0 Å². The number of anilines is 1. The van der Waals surface area contributed by atoms with Crippen molar-refractivity contribution in [3.05, 3.63) is 41.2 Å². The Morgan fingerprint density at radius 2 is 1.96 bits per heavy atom. The third-order valence-corrected chi connectivity index (χ3v) is 7.20. The smallest absolute Gasteiger partial charge is 0.226 e. The second kappa shape index (κ2) is 7.09. The van der Waals surface area contributed by atoms with Gasteiger partial charge in [0.1, 0.15) is 5.69 Å². The van der Waals surface area contributed by atoms with Crippen LogP contribution in [0, 0.1) is 5.75 Å². The van der Waals surface area contributed by atoms with E-state index < -0.39 is 9.84 Å². The zero-order chi connectivity index (χ0) is 19.0. The number of aromatic amines is 1. The molecule has 1 fully saturated rings. The molecule has 1 aliphatic heterocycles. The van der Waals surface area contributed by atoms with Gasteiger partial charge in [-0.15, -0.1) is 0 Å². The molecule has 3 aromatic rings. The molecule has 0 radical (unpaired) electrons. The number of H-pyrrole nitrogens is 1. The number of fused-ring (bicyclic) bond motifs is 1. The van der Waals surface area contributed by atoms with Gasteiger partial charge in [-0.05, 0) is 25.0 Å². The molecule has 1 saturated heterocycles. The van der Waals surface area contributed by atoms with E-state index in [1.165, 1.54) is 5.75 Å². The predicted molar refractivity (Wildman–Crippen MR) is 106 cm³/mol. The molecule has 0 saturated carbocycles. The van der Waals surface area contributed by atoms with Gasteiger partial charge in [0.05, 0.1) is 22.3 Å². The molecular formula is C18H19ClN5O2S-. The van der Waals surface area contributed by atoms with Gasteiger partial charge in [0.25, 0.3) is 0 Å². The summed E-state index contributed by atoms with van der Waals surface area (Å²) in [5.74, 6) is 2.42. The molecule has 1 aliphatic rings. The highest BCUT2D eigenvalue weighted by atomic mass is 35.5. The number of benzene rings is 1. The highest BCUT2D eigenvalue weighted by Crippen LogP contribution is 2.28. The van der Waals surface area contributed by atoms with Crippen molar-refractivity contribution in [3.8, 4) is 11.5 Å². The minimum atomic E-state index is -3.13. The molecule has 3 heterocycles. The van der Waals surface area contributed by atoms with E-state index in [9.17, 15) is 8.42 Å². The van der Waals surface area contributed by atoms with E-state index in [-0.39, 0.29) is 5.25 Å². The second-order valence-corrected chi connectivity index (χ2v) is 9.20. The van der Waals surface area contributed by atoms with E-state index in [1.54, 1.807) is 13.1 Å². The summed E-state index contributed by atoms with van der Waals surface area (Å²) in [6, 6.07) is 7.72. The quantitative estimate of drug-likeness (QED) is 0.671. The van der Waals surface area contributed by atoms with Crippen LogP contribution in [0.5, 0.6) is 0 Å². The lowest BCUT2D eigenvalue weighted by Crippen LogP contribution is -2.40. The maximum absolute atomic E-state index is 12.0. The van der Waals surface area contributed by atoms with Crippen LogP contribution in [0.25, 0.3) is 22.6 Å². The summed E-state index contributed by atoms with van der Waals surface area (Å²) in [5, 5.41) is 0.0803. The number of nitrogens with one attached hydrogen (secondary N) is 1. The van der Waals surface area contributed by atoms with Gasteiger partial charge in [-0.1, -0.05) is 23.7 Å².